The van der Waals surface area contributed by atoms with Crippen molar-refractivity contribution in [1.82, 2.24) is 19.9 Å². The second-order valence-corrected chi connectivity index (χ2v) is 13.0. The third kappa shape index (κ3) is 3.89. The minimum absolute atomic E-state index is 0.0743. The van der Waals surface area contributed by atoms with E-state index >= 15 is 0 Å². The molecule has 1 aliphatic heterocycles. The van der Waals surface area contributed by atoms with Gasteiger partial charge < -0.3 is 14.6 Å². The summed E-state index contributed by atoms with van der Waals surface area (Å²) >= 11 is 0. The Labute approximate surface area is 208 Å². The molecule has 3 saturated carbocycles. The van der Waals surface area contributed by atoms with E-state index in [1.54, 1.807) is 7.11 Å². The van der Waals surface area contributed by atoms with Gasteiger partial charge >= 0.3 is 10.2 Å². The second kappa shape index (κ2) is 6.99. The Kier molecular flexibility index (Phi) is 4.63. The lowest BCUT2D eigenvalue weighted by molar-refractivity contribution is -0.234. The summed E-state index contributed by atoms with van der Waals surface area (Å²) in [4.78, 5) is 24.3. The van der Waals surface area contributed by atoms with Crippen LogP contribution in [-0.4, -0.2) is 51.6 Å². The van der Waals surface area contributed by atoms with E-state index < -0.39 is 26.8 Å². The minimum atomic E-state index is -9.81. The van der Waals surface area contributed by atoms with Crippen molar-refractivity contribution in [2.75, 3.05) is 20.2 Å². The van der Waals surface area contributed by atoms with Crippen LogP contribution < -0.4 is 0 Å². The van der Waals surface area contributed by atoms with Gasteiger partial charge in [-0.3, -0.25) is 4.79 Å². The topological polar surface area (TPSA) is 71.1 Å². The molecule has 3 heterocycles. The van der Waals surface area contributed by atoms with Gasteiger partial charge in [0.1, 0.15) is 16.5 Å². The number of ether oxygens (including phenoxy) is 1. The molecule has 0 radical (unpaired) electrons. The minimum Gasteiger partial charge on any atom is -0.378 e. The van der Waals surface area contributed by atoms with Crippen LogP contribution in [0.1, 0.15) is 59.8 Å². The first kappa shape index (κ1) is 24.5. The summed E-state index contributed by atoms with van der Waals surface area (Å²) in [5.41, 5.74) is 1.16. The van der Waals surface area contributed by atoms with Gasteiger partial charge in [0.25, 0.3) is 5.91 Å². The number of aromatic amines is 1. The zero-order valence-electron chi connectivity index (χ0n) is 19.7. The number of nitrogens with zero attached hydrogens (tertiary/aromatic N) is 3. The van der Waals surface area contributed by atoms with E-state index in [2.05, 4.69) is 15.0 Å². The van der Waals surface area contributed by atoms with E-state index in [0.717, 1.165) is 43.4 Å². The molecule has 4 aliphatic rings. The van der Waals surface area contributed by atoms with E-state index in [9.17, 15) is 28.6 Å². The van der Waals surface area contributed by atoms with Gasteiger partial charge in [-0.1, -0.05) is 19.4 Å². The number of carbonyl (C=O) groups is 1. The van der Waals surface area contributed by atoms with Gasteiger partial charge in [0.15, 0.2) is 5.65 Å². The number of piperidine rings is 1. The van der Waals surface area contributed by atoms with Crippen molar-refractivity contribution in [2.24, 2.45) is 0 Å². The molecule has 37 heavy (non-hydrogen) atoms. The number of benzene rings is 1. The largest absolute Gasteiger partial charge is 0.378 e. The maximum atomic E-state index is 15.0. The van der Waals surface area contributed by atoms with Crippen molar-refractivity contribution in [3.05, 3.63) is 53.2 Å². The van der Waals surface area contributed by atoms with Crippen LogP contribution >= 0.6 is 10.2 Å². The predicted molar refractivity (Wildman–Crippen MR) is 125 cm³/mol. The second-order valence-electron chi connectivity index (χ2n) is 10.6. The quantitative estimate of drug-likeness (QED) is 0.367. The van der Waals surface area contributed by atoms with E-state index in [-0.39, 0.29) is 47.7 Å². The zero-order chi connectivity index (χ0) is 26.5. The number of nitrogens with one attached hydrogen (secondary N) is 1. The Balaban J connectivity index is 1.18. The van der Waals surface area contributed by atoms with Crippen LogP contribution in [0, 0.1) is 5.82 Å². The third-order valence-electron chi connectivity index (χ3n) is 8.17. The highest BCUT2D eigenvalue weighted by Gasteiger charge is 2.70. The highest BCUT2D eigenvalue weighted by Crippen LogP contribution is 3.02. The van der Waals surface area contributed by atoms with E-state index in [1.165, 1.54) is 4.90 Å². The monoisotopic (exact) mass is 546 g/mol. The van der Waals surface area contributed by atoms with Gasteiger partial charge in [0.05, 0.1) is 17.3 Å². The molecular weight excluding hydrogens is 522 g/mol. The maximum absolute atomic E-state index is 15.0. The van der Waals surface area contributed by atoms with Crippen LogP contribution in [-0.2, 0) is 10.2 Å². The van der Waals surface area contributed by atoms with Crippen molar-refractivity contribution in [3.63, 3.8) is 0 Å². The highest BCUT2D eigenvalue weighted by atomic mass is 32.5. The number of fused-ring (bicyclic) bond motifs is 1. The fourth-order valence-electron chi connectivity index (χ4n) is 6.17. The summed E-state index contributed by atoms with van der Waals surface area (Å²) in [5.74, 6) is -0.475. The summed E-state index contributed by atoms with van der Waals surface area (Å²) in [6.45, 7) is 0.467. The number of imidazole rings is 1. The smallest absolute Gasteiger partial charge is 0.310 e. The number of halogens is 6. The van der Waals surface area contributed by atoms with Crippen LogP contribution in [0.3, 0.4) is 0 Å². The molecule has 0 spiro atoms. The van der Waals surface area contributed by atoms with E-state index in [0.29, 0.717) is 29.6 Å². The Hall–Kier alpha value is -2.80. The number of likely N-dealkylation sites (tertiary alicyclic amines) is 1. The number of methoxy groups -OCH3 is 1. The van der Waals surface area contributed by atoms with E-state index in [1.807, 2.05) is 0 Å². The Bertz CT molecular complexity index is 1410. The van der Waals surface area contributed by atoms with Gasteiger partial charge in [-0.25, -0.2) is 14.4 Å². The Morgan fingerprint density at radius 3 is 2.27 bits per heavy atom. The molecule has 13 heteroatoms. The Morgan fingerprint density at radius 2 is 1.70 bits per heavy atom. The van der Waals surface area contributed by atoms with Gasteiger partial charge in [0.2, 0.25) is 0 Å². The first-order valence-corrected chi connectivity index (χ1v) is 13.8. The van der Waals surface area contributed by atoms with Crippen LogP contribution in [0.5, 0.6) is 0 Å². The highest BCUT2D eigenvalue weighted by molar-refractivity contribution is 8.45. The standard InChI is InChI=1S/C24H24F6N4O2S/c1-36-24-11-23(12-24,13-24)22-32-19-18(17(25)10-31-20(19)33-22)14-6-8-34(9-7-14)21(35)15-2-4-16(5-3-15)37(26,27,28,29)30/h2-5,10,14H,6-9,11-13H2,1H3,(H,31,32,33). The maximum Gasteiger partial charge on any atom is 0.310 e. The average Bonchev–Trinajstić information content (AvgIpc) is 3.20. The fourth-order valence-corrected chi connectivity index (χ4v) is 6.82. The van der Waals surface area contributed by atoms with Gasteiger partial charge in [-0.2, -0.15) is 0 Å². The molecule has 1 aromatic carbocycles. The molecule has 6 nitrogen and oxygen atoms in total. The molecule has 2 bridgehead atoms. The summed E-state index contributed by atoms with van der Waals surface area (Å²) < 4.78 is 85.4. The van der Waals surface area contributed by atoms with Gasteiger partial charge in [0, 0.05) is 36.7 Å². The molecule has 0 atom stereocenters. The molecule has 0 unspecified atom stereocenters. The number of amides is 1. The van der Waals surface area contributed by atoms with Gasteiger partial charge in [-0.15, -0.1) is 0 Å². The zero-order valence-corrected chi connectivity index (χ0v) is 20.6. The van der Waals surface area contributed by atoms with Crippen LogP contribution in [0.2, 0.25) is 0 Å². The number of H-pyrrole nitrogens is 1. The first-order chi connectivity index (χ1) is 17.1. The molecule has 3 aromatic rings. The normalized spacial score (nSPS) is 27.8. The lowest BCUT2D eigenvalue weighted by atomic mass is 9.41. The molecule has 4 fully saturated rings. The number of aromatic nitrogens is 3. The number of carbonyl (C=O) groups excluding carboxylic acids is 1. The number of hydrogen-bond donors (Lipinski definition) is 1. The van der Waals surface area contributed by atoms with Crippen LogP contribution in [0.15, 0.2) is 35.4 Å². The van der Waals surface area contributed by atoms with Gasteiger partial charge in [-0.05, 0) is 62.3 Å². The lowest BCUT2D eigenvalue weighted by Crippen LogP contribution is -2.70. The summed E-state index contributed by atoms with van der Waals surface area (Å²) in [5, 5.41) is 0. The molecule has 7 rings (SSSR count). The van der Waals surface area contributed by atoms with Crippen molar-refractivity contribution in [1.29, 1.82) is 0 Å². The van der Waals surface area contributed by atoms with Crippen molar-refractivity contribution in [3.8, 4) is 0 Å². The van der Waals surface area contributed by atoms with Crippen molar-refractivity contribution < 1.29 is 33.4 Å². The SMILES string of the molecule is COC12CC(c3nc4ncc(F)c(C5CCN(C(=O)c6ccc(S(F)(F)(F)(F)F)cc6)CC5)c4[nH]3)(C1)C2. The van der Waals surface area contributed by atoms with Crippen molar-refractivity contribution in [2.45, 2.75) is 53.9 Å². The molecule has 1 saturated heterocycles. The number of pyridine rings is 1. The molecule has 1 N–H and O–H groups in total. The molecule has 200 valence electrons. The third-order valence-corrected chi connectivity index (χ3v) is 9.33. The average molecular weight is 547 g/mol. The molecule has 3 aliphatic carbocycles. The number of rotatable bonds is 5. The molecular formula is C24H24F6N4O2S. The van der Waals surface area contributed by atoms with E-state index in [4.69, 9.17) is 4.74 Å². The van der Waals surface area contributed by atoms with Crippen molar-refractivity contribution >= 4 is 27.3 Å². The fraction of sp³-hybridized carbons (Fsp3) is 0.458. The summed E-state index contributed by atoms with van der Waals surface area (Å²) in [6, 6.07) is 2.00. The Morgan fingerprint density at radius 1 is 1.08 bits per heavy atom. The predicted octanol–water partition coefficient (Wildman–Crippen LogP) is 6.59. The lowest BCUT2D eigenvalue weighted by Gasteiger charge is -2.68. The first-order valence-electron chi connectivity index (χ1n) is 11.9. The van der Waals surface area contributed by atoms with Crippen LogP contribution in [0.25, 0.3) is 11.2 Å². The molecule has 2 aromatic heterocycles. The van der Waals surface area contributed by atoms with Crippen LogP contribution in [0.4, 0.5) is 23.8 Å². The number of hydrogen-bond acceptors (Lipinski definition) is 4. The molecule has 1 amide bonds. The summed E-state index contributed by atoms with van der Waals surface area (Å²) in [7, 11) is -8.11. The summed E-state index contributed by atoms with van der Waals surface area (Å²) in [6.07, 6.45) is 4.56.